The van der Waals surface area contributed by atoms with Crippen LogP contribution in [-0.2, 0) is 4.74 Å². The summed E-state index contributed by atoms with van der Waals surface area (Å²) in [6.07, 6.45) is -2.41. The Morgan fingerprint density at radius 3 is 2.58 bits per heavy atom. The molecule has 0 aliphatic carbocycles. The van der Waals surface area contributed by atoms with Crippen molar-refractivity contribution in [3.05, 3.63) is 59.7 Å². The highest BCUT2D eigenvalue weighted by Crippen LogP contribution is 2.39. The van der Waals surface area contributed by atoms with E-state index in [9.17, 15) is 9.90 Å². The van der Waals surface area contributed by atoms with Crippen LogP contribution >= 0.6 is 0 Å². The molecule has 2 aromatic carbocycles. The van der Waals surface area contributed by atoms with Crippen LogP contribution in [-0.4, -0.2) is 40.4 Å². The van der Waals surface area contributed by atoms with Gasteiger partial charge in [0.1, 0.15) is 6.61 Å². The maximum Gasteiger partial charge on any atom is 0.408 e. The molecule has 0 unspecified atom stereocenters. The molecule has 0 saturated carbocycles. The van der Waals surface area contributed by atoms with E-state index >= 15 is 0 Å². The predicted molar refractivity (Wildman–Crippen MR) is 120 cm³/mol. The Hall–Kier alpha value is -3.34. The Kier molecular flexibility index (Phi) is 6.64. The van der Waals surface area contributed by atoms with Crippen molar-refractivity contribution in [2.75, 3.05) is 11.5 Å². The van der Waals surface area contributed by atoms with Crippen LogP contribution < -0.4 is 10.2 Å². The number of hydrogen-bond donors (Lipinski definition) is 3. The minimum atomic E-state index is -1.11. The average Bonchev–Trinajstić information content (AvgIpc) is 2.71. The van der Waals surface area contributed by atoms with E-state index in [1.807, 2.05) is 51.1 Å². The molecule has 0 bridgehead atoms. The van der Waals surface area contributed by atoms with Gasteiger partial charge in [-0.3, -0.25) is 4.90 Å². The number of anilines is 1. The number of aliphatic imine (C=N–C) groups is 1. The zero-order valence-corrected chi connectivity index (χ0v) is 18.1. The van der Waals surface area contributed by atoms with Gasteiger partial charge >= 0.3 is 6.09 Å². The molecule has 1 amide bonds. The highest BCUT2D eigenvalue weighted by atomic mass is 16.6. The molecule has 0 radical (unpaired) electrons. The summed E-state index contributed by atoms with van der Waals surface area (Å²) < 4.78 is 5.58. The second-order valence-electron chi connectivity index (χ2n) is 8.17. The lowest BCUT2D eigenvalue weighted by Gasteiger charge is -2.37. The Labute approximate surface area is 182 Å². The molecule has 7 nitrogen and oxygen atoms in total. The van der Waals surface area contributed by atoms with Crippen molar-refractivity contribution >= 4 is 23.3 Å². The smallest absolute Gasteiger partial charge is 0.408 e. The lowest BCUT2D eigenvalue weighted by Crippen LogP contribution is -2.47. The zero-order chi connectivity index (χ0) is 22.6. The number of benzene rings is 2. The van der Waals surface area contributed by atoms with Crippen molar-refractivity contribution in [3.63, 3.8) is 0 Å². The van der Waals surface area contributed by atoms with Gasteiger partial charge in [-0.25, -0.2) is 9.79 Å². The molecule has 1 aliphatic rings. The number of amides is 1. The molecule has 0 fully saturated rings. The molecule has 31 heavy (non-hydrogen) atoms. The first-order chi connectivity index (χ1) is 14.7. The number of fused-ring (bicyclic) bond motifs is 1. The molecule has 3 N–H and O–H groups in total. The number of nitrogens with one attached hydrogen (secondary N) is 1. The van der Waals surface area contributed by atoms with Crippen LogP contribution in [0.1, 0.15) is 45.0 Å². The van der Waals surface area contributed by atoms with Crippen molar-refractivity contribution in [3.8, 4) is 11.8 Å². The maximum atomic E-state index is 12.3. The first kappa shape index (κ1) is 22.3. The van der Waals surface area contributed by atoms with E-state index in [0.717, 1.165) is 0 Å². The normalized spacial score (nSPS) is 16.4. The van der Waals surface area contributed by atoms with E-state index in [4.69, 9.17) is 14.8 Å². The summed E-state index contributed by atoms with van der Waals surface area (Å²) in [5.41, 5.74) is 1.88. The number of aliphatic hydroxyl groups excluding tert-OH is 2. The number of aliphatic hydroxyl groups is 2. The molecule has 0 aromatic heterocycles. The first-order valence-corrected chi connectivity index (χ1v) is 10.0. The van der Waals surface area contributed by atoms with Crippen LogP contribution in [0.5, 0.6) is 0 Å². The quantitative estimate of drug-likeness (QED) is 0.660. The highest BCUT2D eigenvalue weighted by molar-refractivity contribution is 6.05. The van der Waals surface area contributed by atoms with E-state index in [1.165, 1.54) is 0 Å². The fourth-order valence-electron chi connectivity index (χ4n) is 3.30. The average molecular weight is 421 g/mol. The van der Waals surface area contributed by atoms with Gasteiger partial charge in [0, 0.05) is 22.4 Å². The minimum absolute atomic E-state index is 0.287. The number of alkyl carbamates (subject to hydrolysis) is 1. The molecule has 2 atom stereocenters. The van der Waals surface area contributed by atoms with Crippen molar-refractivity contribution in [1.82, 2.24) is 5.32 Å². The summed E-state index contributed by atoms with van der Waals surface area (Å²) in [7, 11) is 0. The molecule has 162 valence electrons. The van der Waals surface area contributed by atoms with E-state index in [2.05, 4.69) is 17.2 Å². The van der Waals surface area contributed by atoms with Crippen LogP contribution in [0.2, 0.25) is 0 Å². The lowest BCUT2D eigenvalue weighted by atomic mass is 10.00. The monoisotopic (exact) mass is 421 g/mol. The number of carbonyl (C=O) groups excluding carboxylic acids is 1. The van der Waals surface area contributed by atoms with Gasteiger partial charge in [-0.1, -0.05) is 36.1 Å². The number of rotatable bonds is 3. The van der Waals surface area contributed by atoms with Gasteiger partial charge in [-0.2, -0.15) is 0 Å². The topological polar surface area (TPSA) is 94.4 Å². The first-order valence-electron chi connectivity index (χ1n) is 10.0. The maximum absolute atomic E-state index is 12.3. The summed E-state index contributed by atoms with van der Waals surface area (Å²) in [6.45, 7) is 7.02. The van der Waals surface area contributed by atoms with Crippen LogP contribution in [0.3, 0.4) is 0 Å². The predicted octanol–water partition coefficient (Wildman–Crippen LogP) is 3.48. The third-order valence-electron chi connectivity index (χ3n) is 4.53. The number of nitrogens with zero attached hydrogens (tertiary/aromatic N) is 2. The Morgan fingerprint density at radius 2 is 1.94 bits per heavy atom. The Balaban J connectivity index is 2.06. The Morgan fingerprint density at radius 1 is 1.23 bits per heavy atom. The summed E-state index contributed by atoms with van der Waals surface area (Å²) >= 11 is 0. The fourth-order valence-corrected chi connectivity index (χ4v) is 3.30. The number of para-hydroxylation sites is 1. The van der Waals surface area contributed by atoms with Crippen LogP contribution in [0.4, 0.5) is 16.2 Å². The van der Waals surface area contributed by atoms with Gasteiger partial charge in [0.15, 0.2) is 18.2 Å². The van der Waals surface area contributed by atoms with E-state index in [1.54, 1.807) is 30.0 Å². The van der Waals surface area contributed by atoms with Crippen LogP contribution in [0, 0.1) is 11.8 Å². The third-order valence-corrected chi connectivity index (χ3v) is 4.53. The number of hydrogen-bond acceptors (Lipinski definition) is 6. The van der Waals surface area contributed by atoms with Crippen LogP contribution in [0.25, 0.3) is 0 Å². The molecule has 7 heteroatoms. The second-order valence-corrected chi connectivity index (χ2v) is 8.17. The van der Waals surface area contributed by atoms with Crippen molar-refractivity contribution in [2.24, 2.45) is 4.99 Å². The summed E-state index contributed by atoms with van der Waals surface area (Å²) in [5, 5.41) is 23.2. The van der Waals surface area contributed by atoms with Crippen molar-refractivity contribution in [1.29, 1.82) is 0 Å². The number of carbonyl (C=O) groups is 1. The van der Waals surface area contributed by atoms with E-state index in [-0.39, 0.29) is 6.61 Å². The highest BCUT2D eigenvalue weighted by Gasteiger charge is 2.35. The van der Waals surface area contributed by atoms with E-state index in [0.29, 0.717) is 28.3 Å². The third kappa shape index (κ3) is 5.23. The molecular formula is C24H27N3O4. The second kappa shape index (κ2) is 9.21. The summed E-state index contributed by atoms with van der Waals surface area (Å²) in [5.74, 6) is 5.89. The molecule has 3 rings (SSSR count). The van der Waals surface area contributed by atoms with Gasteiger partial charge in [0.25, 0.3) is 0 Å². The molecule has 1 heterocycles. The van der Waals surface area contributed by atoms with Crippen LogP contribution in [0.15, 0.2) is 53.5 Å². The van der Waals surface area contributed by atoms with Crippen molar-refractivity contribution in [2.45, 2.75) is 45.6 Å². The van der Waals surface area contributed by atoms with Gasteiger partial charge < -0.3 is 20.3 Å². The van der Waals surface area contributed by atoms with Gasteiger partial charge in [-0.15, -0.1) is 0 Å². The fraction of sp³-hybridized carbons (Fsp3) is 0.333. The van der Waals surface area contributed by atoms with Gasteiger partial charge in [-0.05, 0) is 52.0 Å². The standard InChI is InChI=1S/C24H27N3O4/c1-16(31-23(30)26-24(2,3)4)21-25-19-14-8-10-17(11-9-15-28)20(19)22(29)27(21)18-12-6-5-7-13-18/h5-8,10,12-14,16,22,28-29H,15H2,1-4H3,(H,26,30)/t16-,22-/m0/s1. The minimum Gasteiger partial charge on any atom is -0.438 e. The number of amidine groups is 1. The summed E-state index contributed by atoms with van der Waals surface area (Å²) in [4.78, 5) is 18.7. The molecular weight excluding hydrogens is 394 g/mol. The lowest BCUT2D eigenvalue weighted by molar-refractivity contribution is 0.121. The van der Waals surface area contributed by atoms with E-state index < -0.39 is 24.0 Å². The molecule has 0 saturated heterocycles. The largest absolute Gasteiger partial charge is 0.438 e. The number of ether oxygens (including phenoxy) is 1. The van der Waals surface area contributed by atoms with Crippen molar-refractivity contribution < 1.29 is 19.7 Å². The van der Waals surface area contributed by atoms with Gasteiger partial charge in [0.2, 0.25) is 0 Å². The zero-order valence-electron chi connectivity index (χ0n) is 18.1. The SMILES string of the molecule is C[C@H](OC(=O)NC(C)(C)C)C1=Nc2cccc(C#CCO)c2[C@H](O)N1c1ccccc1. The molecule has 2 aromatic rings. The molecule has 0 spiro atoms. The molecule has 1 aliphatic heterocycles. The summed E-state index contributed by atoms with van der Waals surface area (Å²) in [6, 6.07) is 14.6. The van der Waals surface area contributed by atoms with Gasteiger partial charge in [0.05, 0.1) is 5.69 Å². The Bertz CT molecular complexity index is 1030.